The number of fused-ring (bicyclic) bond motifs is 1. The lowest BCUT2D eigenvalue weighted by molar-refractivity contribution is 0.483. The molecule has 0 saturated heterocycles. The van der Waals surface area contributed by atoms with Crippen molar-refractivity contribution in [1.29, 1.82) is 0 Å². The number of halogens is 3. The molecule has 0 bridgehead atoms. The SMILES string of the molecule is O=S1(=O)NC(=NCc2ccc(F)cc2Cl)Nc2c(Oc3ccccc3Cl)cccc21. The highest BCUT2D eigenvalue weighted by Gasteiger charge is 2.29. The van der Waals surface area contributed by atoms with E-state index in [4.69, 9.17) is 27.9 Å². The van der Waals surface area contributed by atoms with Crippen LogP contribution in [0.5, 0.6) is 11.5 Å². The lowest BCUT2D eigenvalue weighted by Crippen LogP contribution is -2.40. The fourth-order valence-electron chi connectivity index (χ4n) is 2.80. The van der Waals surface area contributed by atoms with Gasteiger partial charge in [-0.2, -0.15) is 0 Å². The van der Waals surface area contributed by atoms with Crippen molar-refractivity contribution >= 4 is 44.9 Å². The molecular formula is C20H14Cl2FN3O3S. The van der Waals surface area contributed by atoms with Crippen LogP contribution in [0, 0.1) is 5.82 Å². The Kier molecular flexibility index (Phi) is 5.55. The quantitative estimate of drug-likeness (QED) is 0.555. The van der Waals surface area contributed by atoms with Crippen molar-refractivity contribution in [1.82, 2.24) is 4.72 Å². The highest BCUT2D eigenvalue weighted by Crippen LogP contribution is 2.38. The van der Waals surface area contributed by atoms with Gasteiger partial charge < -0.3 is 10.1 Å². The number of sulfonamides is 1. The average molecular weight is 466 g/mol. The number of rotatable bonds is 4. The molecule has 0 fully saturated rings. The summed E-state index contributed by atoms with van der Waals surface area (Å²) in [6.45, 7) is 0.0346. The molecule has 0 unspecified atom stereocenters. The number of ether oxygens (including phenoxy) is 1. The van der Waals surface area contributed by atoms with Crippen LogP contribution in [0.15, 0.2) is 70.6 Å². The molecule has 154 valence electrons. The van der Waals surface area contributed by atoms with Gasteiger partial charge in [-0.1, -0.05) is 47.5 Å². The third kappa shape index (κ3) is 4.21. The van der Waals surface area contributed by atoms with Crippen LogP contribution in [0.3, 0.4) is 0 Å². The summed E-state index contributed by atoms with van der Waals surface area (Å²) in [6.07, 6.45) is 0. The summed E-state index contributed by atoms with van der Waals surface area (Å²) in [6, 6.07) is 15.4. The maximum absolute atomic E-state index is 13.2. The number of aliphatic imine (C=N–C) groups is 1. The molecule has 0 saturated carbocycles. The predicted octanol–water partition coefficient (Wildman–Crippen LogP) is 5.18. The van der Waals surface area contributed by atoms with Crippen molar-refractivity contribution in [2.45, 2.75) is 11.4 Å². The Labute approximate surface area is 182 Å². The molecule has 0 aliphatic carbocycles. The highest BCUT2D eigenvalue weighted by atomic mass is 35.5. The first-order chi connectivity index (χ1) is 14.3. The van der Waals surface area contributed by atoms with Gasteiger partial charge in [0.25, 0.3) is 10.0 Å². The zero-order valence-electron chi connectivity index (χ0n) is 15.2. The molecule has 0 aromatic heterocycles. The monoisotopic (exact) mass is 465 g/mol. The Hall–Kier alpha value is -2.81. The number of hydrogen-bond acceptors (Lipinski definition) is 4. The smallest absolute Gasteiger partial charge is 0.266 e. The van der Waals surface area contributed by atoms with E-state index < -0.39 is 15.8 Å². The second-order valence-corrected chi connectivity index (χ2v) is 8.76. The first kappa shape index (κ1) is 20.5. The zero-order chi connectivity index (χ0) is 21.3. The predicted molar refractivity (Wildman–Crippen MR) is 114 cm³/mol. The zero-order valence-corrected chi connectivity index (χ0v) is 17.5. The molecule has 2 N–H and O–H groups in total. The lowest BCUT2D eigenvalue weighted by atomic mass is 10.2. The minimum atomic E-state index is -3.89. The Balaban J connectivity index is 1.68. The lowest BCUT2D eigenvalue weighted by Gasteiger charge is -2.23. The second-order valence-electron chi connectivity index (χ2n) is 6.29. The summed E-state index contributed by atoms with van der Waals surface area (Å²) in [4.78, 5) is 4.24. The minimum absolute atomic E-state index is 0.00539. The van der Waals surface area contributed by atoms with Gasteiger partial charge in [0.1, 0.15) is 22.1 Å². The van der Waals surface area contributed by atoms with Gasteiger partial charge in [0.15, 0.2) is 5.75 Å². The van der Waals surface area contributed by atoms with Gasteiger partial charge in [-0.05, 0) is 42.0 Å². The molecule has 0 atom stereocenters. The van der Waals surface area contributed by atoms with E-state index in [0.717, 1.165) is 0 Å². The van der Waals surface area contributed by atoms with Gasteiger partial charge >= 0.3 is 0 Å². The van der Waals surface area contributed by atoms with Gasteiger partial charge in [0.2, 0.25) is 5.96 Å². The Morgan fingerprint density at radius 3 is 2.50 bits per heavy atom. The normalized spacial score (nSPS) is 15.8. The third-order valence-electron chi connectivity index (χ3n) is 4.23. The van der Waals surface area contributed by atoms with E-state index >= 15 is 0 Å². The second kappa shape index (κ2) is 8.14. The van der Waals surface area contributed by atoms with Crippen LogP contribution in [0.25, 0.3) is 0 Å². The summed E-state index contributed by atoms with van der Waals surface area (Å²) < 4.78 is 46.8. The maximum atomic E-state index is 13.2. The van der Waals surface area contributed by atoms with Crippen LogP contribution in [-0.4, -0.2) is 14.4 Å². The molecule has 3 aromatic rings. The van der Waals surface area contributed by atoms with Crippen LogP contribution >= 0.6 is 23.2 Å². The first-order valence-electron chi connectivity index (χ1n) is 8.67. The molecular weight excluding hydrogens is 452 g/mol. The third-order valence-corrected chi connectivity index (χ3v) is 6.28. The Morgan fingerprint density at radius 2 is 1.73 bits per heavy atom. The van der Waals surface area contributed by atoms with Gasteiger partial charge in [-0.15, -0.1) is 0 Å². The summed E-state index contributed by atoms with van der Waals surface area (Å²) in [5, 5.41) is 3.51. The molecule has 3 aromatic carbocycles. The van der Waals surface area contributed by atoms with E-state index in [1.165, 1.54) is 24.3 Å². The topological polar surface area (TPSA) is 79.8 Å². The van der Waals surface area contributed by atoms with E-state index in [2.05, 4.69) is 15.0 Å². The van der Waals surface area contributed by atoms with E-state index in [1.807, 2.05) is 0 Å². The molecule has 10 heteroatoms. The molecule has 0 amide bonds. The van der Waals surface area contributed by atoms with Crippen molar-refractivity contribution in [3.63, 3.8) is 0 Å². The van der Waals surface area contributed by atoms with E-state index in [0.29, 0.717) is 16.3 Å². The van der Waals surface area contributed by atoms with Crippen LogP contribution < -0.4 is 14.8 Å². The van der Waals surface area contributed by atoms with E-state index in [9.17, 15) is 12.8 Å². The van der Waals surface area contributed by atoms with Crippen LogP contribution in [0.2, 0.25) is 10.0 Å². The van der Waals surface area contributed by atoms with Gasteiger partial charge in [0, 0.05) is 5.02 Å². The summed E-state index contributed by atoms with van der Waals surface area (Å²) in [7, 11) is -3.89. The minimum Gasteiger partial charge on any atom is -0.454 e. The number of para-hydroxylation sites is 2. The van der Waals surface area contributed by atoms with Crippen molar-refractivity contribution in [3.8, 4) is 11.5 Å². The van der Waals surface area contributed by atoms with Crippen molar-refractivity contribution in [2.24, 2.45) is 4.99 Å². The molecule has 0 radical (unpaired) electrons. The van der Waals surface area contributed by atoms with Crippen molar-refractivity contribution in [3.05, 3.63) is 82.1 Å². The number of nitrogens with one attached hydrogen (secondary N) is 2. The average Bonchev–Trinajstić information content (AvgIpc) is 2.69. The van der Waals surface area contributed by atoms with Crippen LogP contribution in [0.4, 0.5) is 10.1 Å². The number of guanidine groups is 1. The van der Waals surface area contributed by atoms with Gasteiger partial charge in [-0.25, -0.2) is 22.5 Å². The van der Waals surface area contributed by atoms with Crippen LogP contribution in [-0.2, 0) is 16.6 Å². The molecule has 1 heterocycles. The maximum Gasteiger partial charge on any atom is 0.266 e. The number of anilines is 1. The van der Waals surface area contributed by atoms with E-state index in [1.54, 1.807) is 36.4 Å². The highest BCUT2D eigenvalue weighted by molar-refractivity contribution is 7.90. The standard InChI is InChI=1S/C20H14Cl2FN3O3S/c21-14-4-1-2-5-16(14)29-17-6-3-7-18-19(17)25-20(26-30(18,27)28)24-11-12-8-9-13(23)10-15(12)22/h1-10H,11H2,(H2,24,25,26). The number of benzene rings is 3. The summed E-state index contributed by atoms with van der Waals surface area (Å²) in [5.74, 6) is 0.154. The van der Waals surface area contributed by atoms with Crippen molar-refractivity contribution in [2.75, 3.05) is 5.32 Å². The fraction of sp³-hybridized carbons (Fsp3) is 0.0500. The fourth-order valence-corrected chi connectivity index (χ4v) is 4.36. The number of hydrogen-bond donors (Lipinski definition) is 2. The Bertz CT molecular complexity index is 1270. The molecule has 4 rings (SSSR count). The molecule has 6 nitrogen and oxygen atoms in total. The van der Waals surface area contributed by atoms with Gasteiger partial charge in [0.05, 0.1) is 11.6 Å². The van der Waals surface area contributed by atoms with Crippen LogP contribution in [0.1, 0.15) is 5.56 Å². The van der Waals surface area contributed by atoms with Crippen molar-refractivity contribution < 1.29 is 17.5 Å². The molecule has 0 spiro atoms. The Morgan fingerprint density at radius 1 is 0.967 bits per heavy atom. The van der Waals surface area contributed by atoms with Gasteiger partial charge in [-0.3, -0.25) is 0 Å². The summed E-state index contributed by atoms with van der Waals surface area (Å²) in [5.41, 5.74) is 0.762. The van der Waals surface area contributed by atoms with E-state index in [-0.39, 0.29) is 33.9 Å². The number of nitrogens with zero attached hydrogens (tertiary/aromatic N) is 1. The molecule has 30 heavy (non-hydrogen) atoms. The summed E-state index contributed by atoms with van der Waals surface area (Å²) >= 11 is 12.2. The largest absolute Gasteiger partial charge is 0.454 e. The first-order valence-corrected chi connectivity index (χ1v) is 10.9. The molecule has 1 aliphatic rings. The molecule has 1 aliphatic heterocycles.